The molecule has 0 aromatic carbocycles. The Bertz CT molecular complexity index is 691. The number of thiophene rings is 2. The third-order valence-corrected chi connectivity index (χ3v) is 7.50. The van der Waals surface area contributed by atoms with Gasteiger partial charge in [0.1, 0.15) is 4.90 Å². The third kappa shape index (κ3) is 3.49. The molecule has 0 bridgehead atoms. The van der Waals surface area contributed by atoms with Crippen molar-refractivity contribution in [1.29, 1.82) is 0 Å². The van der Waals surface area contributed by atoms with Crippen molar-refractivity contribution in [3.63, 3.8) is 0 Å². The molecule has 0 aliphatic carbocycles. The fourth-order valence-corrected chi connectivity index (χ4v) is 6.15. The van der Waals surface area contributed by atoms with Gasteiger partial charge in [-0.2, -0.15) is 0 Å². The van der Waals surface area contributed by atoms with E-state index >= 15 is 0 Å². The Morgan fingerprint density at radius 2 is 2.00 bits per heavy atom. The van der Waals surface area contributed by atoms with Crippen LogP contribution in [0.1, 0.15) is 15.3 Å². The van der Waals surface area contributed by atoms with E-state index in [1.807, 2.05) is 30.8 Å². The van der Waals surface area contributed by atoms with Crippen LogP contribution in [-0.2, 0) is 23.1 Å². The average Bonchev–Trinajstić information content (AvgIpc) is 2.94. The van der Waals surface area contributed by atoms with E-state index < -0.39 is 10.0 Å². The van der Waals surface area contributed by atoms with Crippen molar-refractivity contribution in [2.75, 3.05) is 7.05 Å². The van der Waals surface area contributed by atoms with Crippen molar-refractivity contribution in [3.8, 4) is 0 Å². The molecule has 2 aromatic rings. The van der Waals surface area contributed by atoms with Gasteiger partial charge in [-0.05, 0) is 52.3 Å². The lowest BCUT2D eigenvalue weighted by molar-refractivity contribution is 0.580. The van der Waals surface area contributed by atoms with Crippen LogP contribution in [-0.4, -0.2) is 15.5 Å². The first-order valence-corrected chi connectivity index (χ1v) is 9.92. The number of halogens is 1. The Kier molecular flexibility index (Phi) is 5.38. The summed E-state index contributed by atoms with van der Waals surface area (Å²) < 4.78 is 28.6. The summed E-state index contributed by atoms with van der Waals surface area (Å²) in [6.07, 6.45) is 0. The van der Waals surface area contributed by atoms with Crippen LogP contribution >= 0.6 is 38.6 Å². The second-order valence-electron chi connectivity index (χ2n) is 4.22. The Labute approximate surface area is 135 Å². The molecule has 0 radical (unpaired) electrons. The second-order valence-corrected chi connectivity index (χ2v) is 8.74. The summed E-state index contributed by atoms with van der Waals surface area (Å²) in [5.41, 5.74) is 0.790. The van der Waals surface area contributed by atoms with E-state index in [4.69, 9.17) is 0 Å². The predicted molar refractivity (Wildman–Crippen MR) is 87.9 cm³/mol. The summed E-state index contributed by atoms with van der Waals surface area (Å²) in [7, 11) is -1.68. The molecule has 2 heterocycles. The van der Waals surface area contributed by atoms with Crippen molar-refractivity contribution >= 4 is 48.6 Å². The summed E-state index contributed by atoms with van der Waals surface area (Å²) in [5, 5.41) is 6.81. The molecule has 2 aromatic heterocycles. The zero-order valence-electron chi connectivity index (χ0n) is 11.1. The Morgan fingerprint density at radius 3 is 2.60 bits per heavy atom. The molecule has 4 nitrogen and oxygen atoms in total. The van der Waals surface area contributed by atoms with Crippen LogP contribution < -0.4 is 10.0 Å². The molecular formula is C12H15BrN2O2S3. The lowest BCUT2D eigenvalue weighted by atomic mass is 10.3. The fourth-order valence-electron chi connectivity index (χ4n) is 1.81. The van der Waals surface area contributed by atoms with Crippen LogP contribution in [0.25, 0.3) is 0 Å². The van der Waals surface area contributed by atoms with E-state index in [0.717, 1.165) is 19.8 Å². The van der Waals surface area contributed by atoms with Crippen LogP contribution in [0.15, 0.2) is 26.2 Å². The minimum Gasteiger partial charge on any atom is -0.315 e. The summed E-state index contributed by atoms with van der Waals surface area (Å²) in [6.45, 7) is 2.68. The van der Waals surface area contributed by atoms with Gasteiger partial charge in [-0.15, -0.1) is 22.7 Å². The quantitative estimate of drug-likeness (QED) is 0.791. The maximum absolute atomic E-state index is 12.5. The van der Waals surface area contributed by atoms with Gasteiger partial charge in [0, 0.05) is 27.3 Å². The SMILES string of the molecule is CNCc1scc(C)c1S(=O)(=O)NCc1sccc1Br. The summed E-state index contributed by atoms with van der Waals surface area (Å²) in [6, 6.07) is 1.91. The largest absolute Gasteiger partial charge is 0.315 e. The molecule has 2 rings (SSSR count). The monoisotopic (exact) mass is 394 g/mol. The lowest BCUT2D eigenvalue weighted by Crippen LogP contribution is -2.24. The summed E-state index contributed by atoms with van der Waals surface area (Å²) >= 11 is 6.39. The minimum absolute atomic E-state index is 0.300. The van der Waals surface area contributed by atoms with Gasteiger partial charge in [-0.1, -0.05) is 0 Å². The van der Waals surface area contributed by atoms with Crippen LogP contribution in [0.5, 0.6) is 0 Å². The first kappa shape index (κ1) is 16.1. The highest BCUT2D eigenvalue weighted by Crippen LogP contribution is 2.28. The molecule has 0 unspecified atom stereocenters. The van der Waals surface area contributed by atoms with Crippen LogP contribution in [0.2, 0.25) is 0 Å². The van der Waals surface area contributed by atoms with Gasteiger partial charge in [-0.25, -0.2) is 13.1 Å². The lowest BCUT2D eigenvalue weighted by Gasteiger charge is -2.08. The second kappa shape index (κ2) is 6.67. The predicted octanol–water partition coefficient (Wildman–Crippen LogP) is 3.08. The maximum atomic E-state index is 12.5. The Morgan fingerprint density at radius 1 is 1.25 bits per heavy atom. The average molecular weight is 395 g/mol. The molecule has 0 spiro atoms. The molecule has 20 heavy (non-hydrogen) atoms. The van der Waals surface area contributed by atoms with Crippen molar-refractivity contribution in [1.82, 2.24) is 10.0 Å². The molecule has 110 valence electrons. The molecule has 0 aliphatic rings. The number of rotatable bonds is 6. The van der Waals surface area contributed by atoms with E-state index in [1.54, 1.807) is 0 Å². The van der Waals surface area contributed by atoms with E-state index in [2.05, 4.69) is 26.0 Å². The smallest absolute Gasteiger partial charge is 0.242 e. The van der Waals surface area contributed by atoms with Crippen molar-refractivity contribution in [2.45, 2.75) is 24.9 Å². The molecule has 0 aliphatic heterocycles. The molecule has 0 saturated heterocycles. The first-order valence-electron chi connectivity index (χ1n) is 5.89. The van der Waals surface area contributed by atoms with Gasteiger partial charge >= 0.3 is 0 Å². The number of aryl methyl sites for hydroxylation is 1. The number of hydrogen-bond donors (Lipinski definition) is 2. The van der Waals surface area contributed by atoms with E-state index in [9.17, 15) is 8.42 Å². The van der Waals surface area contributed by atoms with Gasteiger partial charge in [0.25, 0.3) is 0 Å². The molecule has 0 saturated carbocycles. The molecule has 0 fully saturated rings. The van der Waals surface area contributed by atoms with Crippen molar-refractivity contribution in [2.24, 2.45) is 0 Å². The number of nitrogens with one attached hydrogen (secondary N) is 2. The zero-order valence-corrected chi connectivity index (χ0v) is 15.1. The van der Waals surface area contributed by atoms with E-state index in [-0.39, 0.29) is 0 Å². The molecule has 2 N–H and O–H groups in total. The summed E-state index contributed by atoms with van der Waals surface area (Å²) in [5.74, 6) is 0. The fraction of sp³-hybridized carbons (Fsp3) is 0.333. The standard InChI is InChI=1S/C12H15BrN2O2S3/c1-8-7-19-11(5-14-2)12(8)20(16,17)15-6-10-9(13)3-4-18-10/h3-4,7,14-15H,5-6H2,1-2H3. The maximum Gasteiger partial charge on any atom is 0.242 e. The molecule has 0 atom stereocenters. The Hall–Kier alpha value is -0.250. The van der Waals surface area contributed by atoms with Gasteiger partial charge < -0.3 is 5.32 Å². The highest BCUT2D eigenvalue weighted by atomic mass is 79.9. The van der Waals surface area contributed by atoms with E-state index in [0.29, 0.717) is 18.0 Å². The molecular weight excluding hydrogens is 380 g/mol. The van der Waals surface area contributed by atoms with Gasteiger partial charge in [0.2, 0.25) is 10.0 Å². The van der Waals surface area contributed by atoms with Gasteiger partial charge in [0.15, 0.2) is 0 Å². The first-order chi connectivity index (χ1) is 9.45. The van der Waals surface area contributed by atoms with Gasteiger partial charge in [0.05, 0.1) is 0 Å². The molecule has 8 heteroatoms. The number of sulfonamides is 1. The Balaban J connectivity index is 2.22. The van der Waals surface area contributed by atoms with Crippen LogP contribution in [0, 0.1) is 6.92 Å². The van der Waals surface area contributed by atoms with Crippen LogP contribution in [0.4, 0.5) is 0 Å². The van der Waals surface area contributed by atoms with Crippen LogP contribution in [0.3, 0.4) is 0 Å². The highest BCUT2D eigenvalue weighted by molar-refractivity contribution is 9.10. The summed E-state index contributed by atoms with van der Waals surface area (Å²) in [4.78, 5) is 2.21. The zero-order chi connectivity index (χ0) is 14.8. The van der Waals surface area contributed by atoms with E-state index in [1.165, 1.54) is 22.7 Å². The topological polar surface area (TPSA) is 58.2 Å². The highest BCUT2D eigenvalue weighted by Gasteiger charge is 2.22. The van der Waals surface area contributed by atoms with Gasteiger partial charge in [-0.3, -0.25) is 0 Å². The molecule has 0 amide bonds. The third-order valence-electron chi connectivity index (χ3n) is 2.71. The van der Waals surface area contributed by atoms with Crippen molar-refractivity contribution < 1.29 is 8.42 Å². The number of hydrogen-bond acceptors (Lipinski definition) is 5. The van der Waals surface area contributed by atoms with Crippen molar-refractivity contribution in [3.05, 3.63) is 36.6 Å². The minimum atomic E-state index is -3.49. The normalized spacial score (nSPS) is 11.9.